The van der Waals surface area contributed by atoms with Gasteiger partial charge in [0.15, 0.2) is 5.96 Å². The van der Waals surface area contributed by atoms with Crippen LogP contribution in [0.2, 0.25) is 0 Å². The molecule has 0 amide bonds. The molecule has 1 aliphatic heterocycles. The number of hydrogen-bond acceptors (Lipinski definition) is 4. The second kappa shape index (κ2) is 14.9. The van der Waals surface area contributed by atoms with Crippen molar-refractivity contribution in [3.8, 4) is 5.88 Å². The third-order valence-electron chi connectivity index (χ3n) is 4.61. The summed E-state index contributed by atoms with van der Waals surface area (Å²) in [5.74, 6) is 1.53. The summed E-state index contributed by atoms with van der Waals surface area (Å²) in [6.07, 6.45) is 9.37. The predicted octanol–water partition coefficient (Wildman–Crippen LogP) is 3.42. The SMILES string of the molecule is CCCOc1ncccc1CNC(=NC)NCCCN1CCCCCC1.I. The number of ether oxygens (including phenoxy) is 1. The summed E-state index contributed by atoms with van der Waals surface area (Å²) in [5, 5.41) is 6.76. The highest BCUT2D eigenvalue weighted by atomic mass is 127. The van der Waals surface area contributed by atoms with E-state index in [9.17, 15) is 0 Å². The Morgan fingerprint density at radius 1 is 1.22 bits per heavy atom. The minimum Gasteiger partial charge on any atom is -0.477 e. The van der Waals surface area contributed by atoms with Crippen molar-refractivity contribution in [2.75, 3.05) is 39.8 Å². The van der Waals surface area contributed by atoms with Gasteiger partial charge in [0.1, 0.15) is 0 Å². The van der Waals surface area contributed by atoms with Crippen molar-refractivity contribution >= 4 is 29.9 Å². The van der Waals surface area contributed by atoms with E-state index in [-0.39, 0.29) is 24.0 Å². The van der Waals surface area contributed by atoms with E-state index in [1.165, 1.54) is 45.3 Å². The minimum atomic E-state index is 0. The highest BCUT2D eigenvalue weighted by Gasteiger charge is 2.09. The fourth-order valence-electron chi connectivity index (χ4n) is 3.16. The molecule has 1 aromatic heterocycles. The molecular weight excluding hydrogens is 453 g/mol. The summed E-state index contributed by atoms with van der Waals surface area (Å²) >= 11 is 0. The molecule has 7 heteroatoms. The van der Waals surface area contributed by atoms with Crippen LogP contribution in [0.1, 0.15) is 51.0 Å². The van der Waals surface area contributed by atoms with Gasteiger partial charge < -0.3 is 20.3 Å². The second-order valence-corrected chi connectivity index (χ2v) is 6.78. The first-order valence-electron chi connectivity index (χ1n) is 10.1. The zero-order valence-electron chi connectivity index (χ0n) is 16.9. The number of nitrogens with zero attached hydrogens (tertiary/aromatic N) is 3. The molecule has 0 unspecified atom stereocenters. The van der Waals surface area contributed by atoms with Gasteiger partial charge in [0, 0.05) is 31.9 Å². The number of hydrogen-bond donors (Lipinski definition) is 2. The second-order valence-electron chi connectivity index (χ2n) is 6.78. The van der Waals surface area contributed by atoms with Crippen LogP contribution in [-0.2, 0) is 6.54 Å². The fourth-order valence-corrected chi connectivity index (χ4v) is 3.16. The van der Waals surface area contributed by atoms with E-state index in [2.05, 4.69) is 32.4 Å². The Morgan fingerprint density at radius 3 is 2.70 bits per heavy atom. The van der Waals surface area contributed by atoms with E-state index in [1.807, 2.05) is 19.2 Å². The molecule has 0 bridgehead atoms. The molecule has 0 saturated carbocycles. The Morgan fingerprint density at radius 2 is 2.00 bits per heavy atom. The number of halogens is 1. The topological polar surface area (TPSA) is 61.8 Å². The molecule has 0 spiro atoms. The van der Waals surface area contributed by atoms with Crippen LogP contribution in [-0.4, -0.2) is 55.7 Å². The van der Waals surface area contributed by atoms with Gasteiger partial charge in [-0.25, -0.2) is 4.98 Å². The van der Waals surface area contributed by atoms with Crippen molar-refractivity contribution < 1.29 is 4.74 Å². The first-order chi connectivity index (χ1) is 12.8. The molecule has 0 atom stereocenters. The Hall–Kier alpha value is -1.09. The van der Waals surface area contributed by atoms with E-state index in [1.54, 1.807) is 6.20 Å². The molecule has 0 aliphatic carbocycles. The molecule has 27 heavy (non-hydrogen) atoms. The standard InChI is InChI=1S/C20H35N5O.HI/c1-3-16-26-19-18(10-8-11-22-19)17-24-20(21-2)23-12-9-15-25-13-6-4-5-7-14-25;/h8,10-11H,3-7,9,12-17H2,1-2H3,(H2,21,23,24);1H. The van der Waals surface area contributed by atoms with Crippen molar-refractivity contribution in [3.05, 3.63) is 23.9 Å². The summed E-state index contributed by atoms with van der Waals surface area (Å²) in [5.41, 5.74) is 1.05. The summed E-state index contributed by atoms with van der Waals surface area (Å²) < 4.78 is 5.71. The molecule has 2 N–H and O–H groups in total. The molecular formula is C20H36IN5O. The molecule has 2 rings (SSSR count). The maximum absolute atomic E-state index is 5.71. The Kier molecular flexibility index (Phi) is 13.2. The quantitative estimate of drug-likeness (QED) is 0.241. The van der Waals surface area contributed by atoms with Gasteiger partial charge in [-0.05, 0) is 51.4 Å². The van der Waals surface area contributed by atoms with Crippen molar-refractivity contribution in [2.45, 2.75) is 52.0 Å². The highest BCUT2D eigenvalue weighted by Crippen LogP contribution is 2.14. The van der Waals surface area contributed by atoms with Gasteiger partial charge in [-0.1, -0.05) is 25.8 Å². The first-order valence-corrected chi connectivity index (χ1v) is 10.1. The van der Waals surface area contributed by atoms with Crippen LogP contribution < -0.4 is 15.4 Å². The van der Waals surface area contributed by atoms with E-state index in [4.69, 9.17) is 4.74 Å². The van der Waals surface area contributed by atoms with Crippen LogP contribution in [0.15, 0.2) is 23.3 Å². The van der Waals surface area contributed by atoms with Gasteiger partial charge in [0.25, 0.3) is 0 Å². The van der Waals surface area contributed by atoms with Gasteiger partial charge >= 0.3 is 0 Å². The van der Waals surface area contributed by atoms with Crippen molar-refractivity contribution in [3.63, 3.8) is 0 Å². The van der Waals surface area contributed by atoms with E-state index in [0.717, 1.165) is 30.9 Å². The zero-order chi connectivity index (χ0) is 18.5. The number of aliphatic imine (C=N–C) groups is 1. The van der Waals surface area contributed by atoms with Gasteiger partial charge in [0.2, 0.25) is 5.88 Å². The average molecular weight is 489 g/mol. The van der Waals surface area contributed by atoms with Gasteiger partial charge in [-0.2, -0.15) is 0 Å². The zero-order valence-corrected chi connectivity index (χ0v) is 19.2. The Bertz CT molecular complexity index is 533. The highest BCUT2D eigenvalue weighted by molar-refractivity contribution is 14.0. The maximum atomic E-state index is 5.71. The summed E-state index contributed by atoms with van der Waals surface area (Å²) in [6, 6.07) is 3.98. The van der Waals surface area contributed by atoms with Crippen LogP contribution in [0.3, 0.4) is 0 Å². The van der Waals surface area contributed by atoms with Crippen LogP contribution in [0.5, 0.6) is 5.88 Å². The number of nitrogens with one attached hydrogen (secondary N) is 2. The van der Waals surface area contributed by atoms with Crippen LogP contribution >= 0.6 is 24.0 Å². The van der Waals surface area contributed by atoms with Gasteiger partial charge in [0.05, 0.1) is 6.61 Å². The van der Waals surface area contributed by atoms with Crippen molar-refractivity contribution in [1.29, 1.82) is 0 Å². The molecule has 1 saturated heterocycles. The first kappa shape index (κ1) is 23.9. The number of rotatable bonds is 9. The Balaban J connectivity index is 0.00000364. The minimum absolute atomic E-state index is 0. The van der Waals surface area contributed by atoms with Crippen LogP contribution in [0, 0.1) is 0 Å². The summed E-state index contributed by atoms with van der Waals surface area (Å²) in [7, 11) is 1.81. The lowest BCUT2D eigenvalue weighted by Gasteiger charge is -2.20. The predicted molar refractivity (Wildman–Crippen MR) is 123 cm³/mol. The lowest BCUT2D eigenvalue weighted by atomic mass is 10.2. The van der Waals surface area contributed by atoms with E-state index in [0.29, 0.717) is 19.0 Å². The molecule has 1 aromatic rings. The third kappa shape index (κ3) is 9.60. The maximum Gasteiger partial charge on any atom is 0.218 e. The largest absolute Gasteiger partial charge is 0.477 e. The normalized spacial score (nSPS) is 15.6. The number of pyridine rings is 1. The summed E-state index contributed by atoms with van der Waals surface area (Å²) in [4.78, 5) is 11.2. The lowest BCUT2D eigenvalue weighted by Crippen LogP contribution is -2.38. The van der Waals surface area contributed by atoms with Crippen LogP contribution in [0.25, 0.3) is 0 Å². The molecule has 6 nitrogen and oxygen atoms in total. The van der Waals surface area contributed by atoms with Crippen molar-refractivity contribution in [2.24, 2.45) is 4.99 Å². The number of guanidine groups is 1. The fraction of sp³-hybridized carbons (Fsp3) is 0.700. The molecule has 0 aromatic carbocycles. The smallest absolute Gasteiger partial charge is 0.218 e. The average Bonchev–Trinajstić information content (AvgIpc) is 2.95. The summed E-state index contributed by atoms with van der Waals surface area (Å²) in [6.45, 7) is 8.05. The monoisotopic (exact) mass is 489 g/mol. The molecule has 1 fully saturated rings. The molecule has 0 radical (unpaired) electrons. The number of likely N-dealkylation sites (tertiary alicyclic amines) is 1. The van der Waals surface area contributed by atoms with Crippen molar-refractivity contribution in [1.82, 2.24) is 20.5 Å². The lowest BCUT2D eigenvalue weighted by molar-refractivity contribution is 0.282. The van der Waals surface area contributed by atoms with Crippen LogP contribution in [0.4, 0.5) is 0 Å². The molecule has 2 heterocycles. The Labute approximate surface area is 181 Å². The molecule has 1 aliphatic rings. The third-order valence-corrected chi connectivity index (χ3v) is 4.61. The van der Waals surface area contributed by atoms with E-state index < -0.39 is 0 Å². The van der Waals surface area contributed by atoms with Gasteiger partial charge in [-0.3, -0.25) is 4.99 Å². The van der Waals surface area contributed by atoms with E-state index >= 15 is 0 Å². The van der Waals surface area contributed by atoms with Gasteiger partial charge in [-0.15, -0.1) is 24.0 Å². The number of aromatic nitrogens is 1. The molecule has 154 valence electrons.